The standard InChI is InChI=1S/C12H17N3O/c1-15(7-3-6-13)9-12(16)10-4-2-5-11(14)8-10/h2,4-5,8,12,16H,3,7,9,14H2,1H3. The van der Waals surface area contributed by atoms with Crippen molar-refractivity contribution < 1.29 is 5.11 Å². The summed E-state index contributed by atoms with van der Waals surface area (Å²) < 4.78 is 0. The van der Waals surface area contributed by atoms with E-state index in [9.17, 15) is 5.11 Å². The molecule has 1 atom stereocenters. The lowest BCUT2D eigenvalue weighted by atomic mass is 10.1. The number of nitrogens with two attached hydrogens (primary N) is 1. The van der Waals surface area contributed by atoms with Crippen LogP contribution in [-0.2, 0) is 0 Å². The maximum atomic E-state index is 9.93. The maximum Gasteiger partial charge on any atom is 0.0917 e. The second kappa shape index (κ2) is 6.11. The van der Waals surface area contributed by atoms with Gasteiger partial charge < -0.3 is 15.7 Å². The van der Waals surface area contributed by atoms with Crippen LogP contribution in [0.3, 0.4) is 0 Å². The number of likely N-dealkylation sites (N-methyl/N-ethyl adjacent to an activating group) is 1. The van der Waals surface area contributed by atoms with Gasteiger partial charge in [-0.05, 0) is 24.7 Å². The first-order valence-corrected chi connectivity index (χ1v) is 5.22. The Labute approximate surface area is 95.9 Å². The zero-order valence-corrected chi connectivity index (χ0v) is 9.43. The van der Waals surface area contributed by atoms with E-state index in [1.165, 1.54) is 0 Å². The second-order valence-electron chi connectivity index (χ2n) is 3.86. The first-order chi connectivity index (χ1) is 7.63. The number of rotatable bonds is 5. The Morgan fingerprint density at radius 2 is 2.31 bits per heavy atom. The highest BCUT2D eigenvalue weighted by atomic mass is 16.3. The van der Waals surface area contributed by atoms with Crippen LogP contribution in [0, 0.1) is 11.3 Å². The average molecular weight is 219 g/mol. The van der Waals surface area contributed by atoms with Crippen molar-refractivity contribution in [1.82, 2.24) is 4.90 Å². The molecule has 0 saturated heterocycles. The van der Waals surface area contributed by atoms with E-state index >= 15 is 0 Å². The third kappa shape index (κ3) is 3.89. The largest absolute Gasteiger partial charge is 0.399 e. The van der Waals surface area contributed by atoms with Crippen molar-refractivity contribution >= 4 is 5.69 Å². The average Bonchev–Trinajstić information content (AvgIpc) is 2.26. The molecule has 1 aromatic carbocycles. The number of nitriles is 1. The van der Waals surface area contributed by atoms with E-state index in [-0.39, 0.29) is 0 Å². The molecule has 0 saturated carbocycles. The van der Waals surface area contributed by atoms with Crippen LogP contribution < -0.4 is 5.73 Å². The Morgan fingerprint density at radius 1 is 1.56 bits per heavy atom. The van der Waals surface area contributed by atoms with Gasteiger partial charge in [-0.25, -0.2) is 0 Å². The van der Waals surface area contributed by atoms with Gasteiger partial charge in [0.1, 0.15) is 0 Å². The number of nitrogen functional groups attached to an aromatic ring is 1. The topological polar surface area (TPSA) is 73.3 Å². The number of aliphatic hydroxyl groups excluding tert-OH is 1. The summed E-state index contributed by atoms with van der Waals surface area (Å²) in [6.45, 7) is 1.17. The fraction of sp³-hybridized carbons (Fsp3) is 0.417. The SMILES string of the molecule is CN(CCC#N)CC(O)c1cccc(N)c1. The van der Waals surface area contributed by atoms with Crippen LogP contribution in [0.4, 0.5) is 5.69 Å². The normalized spacial score (nSPS) is 12.4. The molecule has 0 bridgehead atoms. The number of hydrogen-bond acceptors (Lipinski definition) is 4. The van der Waals surface area contributed by atoms with E-state index in [0.29, 0.717) is 25.2 Å². The molecule has 0 aliphatic heterocycles. The van der Waals surface area contributed by atoms with Crippen molar-refractivity contribution in [3.63, 3.8) is 0 Å². The lowest BCUT2D eigenvalue weighted by molar-refractivity contribution is 0.128. The van der Waals surface area contributed by atoms with Crippen molar-refractivity contribution in [2.24, 2.45) is 0 Å². The highest BCUT2D eigenvalue weighted by Crippen LogP contribution is 2.16. The van der Waals surface area contributed by atoms with Gasteiger partial charge in [-0.15, -0.1) is 0 Å². The summed E-state index contributed by atoms with van der Waals surface area (Å²) in [5.41, 5.74) is 7.10. The van der Waals surface area contributed by atoms with Gasteiger partial charge in [0.05, 0.1) is 12.2 Å². The number of hydrogen-bond donors (Lipinski definition) is 2. The van der Waals surface area contributed by atoms with Gasteiger partial charge in [-0.1, -0.05) is 12.1 Å². The summed E-state index contributed by atoms with van der Waals surface area (Å²) in [4.78, 5) is 1.93. The van der Waals surface area contributed by atoms with E-state index in [0.717, 1.165) is 5.56 Å². The molecule has 0 radical (unpaired) electrons. The first kappa shape index (κ1) is 12.5. The Balaban J connectivity index is 2.52. The van der Waals surface area contributed by atoms with E-state index in [1.807, 2.05) is 24.1 Å². The van der Waals surface area contributed by atoms with Crippen molar-refractivity contribution in [1.29, 1.82) is 5.26 Å². The maximum absolute atomic E-state index is 9.93. The lowest BCUT2D eigenvalue weighted by Gasteiger charge is -2.19. The second-order valence-corrected chi connectivity index (χ2v) is 3.86. The van der Waals surface area contributed by atoms with Crippen LogP contribution in [0.1, 0.15) is 18.1 Å². The quantitative estimate of drug-likeness (QED) is 0.728. The third-order valence-corrected chi connectivity index (χ3v) is 2.39. The molecule has 4 nitrogen and oxygen atoms in total. The van der Waals surface area contributed by atoms with Crippen molar-refractivity contribution in [3.05, 3.63) is 29.8 Å². The zero-order valence-electron chi connectivity index (χ0n) is 9.43. The Bertz CT molecular complexity index is 373. The number of anilines is 1. The van der Waals surface area contributed by atoms with Crippen LogP contribution >= 0.6 is 0 Å². The van der Waals surface area contributed by atoms with Gasteiger partial charge in [-0.3, -0.25) is 0 Å². The minimum atomic E-state index is -0.563. The minimum Gasteiger partial charge on any atom is -0.399 e. The molecule has 3 N–H and O–H groups in total. The molecule has 0 aliphatic carbocycles. The highest BCUT2D eigenvalue weighted by molar-refractivity contribution is 5.41. The lowest BCUT2D eigenvalue weighted by Crippen LogP contribution is -2.25. The Morgan fingerprint density at radius 3 is 2.94 bits per heavy atom. The van der Waals surface area contributed by atoms with Crippen molar-refractivity contribution in [3.8, 4) is 6.07 Å². The summed E-state index contributed by atoms with van der Waals surface area (Å²) >= 11 is 0. The van der Waals surface area contributed by atoms with E-state index in [1.54, 1.807) is 12.1 Å². The number of nitrogens with zero attached hydrogens (tertiary/aromatic N) is 2. The number of aliphatic hydroxyl groups is 1. The van der Waals surface area contributed by atoms with Gasteiger partial charge in [0.2, 0.25) is 0 Å². The summed E-state index contributed by atoms with van der Waals surface area (Å²) in [7, 11) is 1.88. The van der Waals surface area contributed by atoms with E-state index < -0.39 is 6.10 Å². The molecular formula is C12H17N3O. The molecule has 0 aromatic heterocycles. The van der Waals surface area contributed by atoms with Crippen molar-refractivity contribution in [2.45, 2.75) is 12.5 Å². The molecule has 0 fully saturated rings. The summed E-state index contributed by atoms with van der Waals surface area (Å²) in [5, 5.41) is 18.4. The minimum absolute atomic E-state index is 0.472. The van der Waals surface area contributed by atoms with Crippen molar-refractivity contribution in [2.75, 3.05) is 25.9 Å². The highest BCUT2D eigenvalue weighted by Gasteiger charge is 2.10. The van der Waals surface area contributed by atoms with Crippen LogP contribution in [0.25, 0.3) is 0 Å². The summed E-state index contributed by atoms with van der Waals surface area (Å²) in [5.74, 6) is 0. The monoisotopic (exact) mass is 219 g/mol. The molecule has 1 unspecified atom stereocenters. The van der Waals surface area contributed by atoms with Crippen LogP contribution in [0.2, 0.25) is 0 Å². The van der Waals surface area contributed by atoms with Gasteiger partial charge >= 0.3 is 0 Å². The predicted octanol–water partition coefficient (Wildman–Crippen LogP) is 1.15. The van der Waals surface area contributed by atoms with Gasteiger partial charge in [-0.2, -0.15) is 5.26 Å². The summed E-state index contributed by atoms with van der Waals surface area (Å²) in [6.07, 6.45) is -0.0904. The molecule has 1 aromatic rings. The molecule has 1 rings (SSSR count). The first-order valence-electron chi connectivity index (χ1n) is 5.22. The van der Waals surface area contributed by atoms with Crippen LogP contribution in [0.15, 0.2) is 24.3 Å². The molecular weight excluding hydrogens is 202 g/mol. The van der Waals surface area contributed by atoms with Gasteiger partial charge in [0, 0.05) is 25.2 Å². The fourth-order valence-electron chi connectivity index (χ4n) is 1.50. The van der Waals surface area contributed by atoms with Gasteiger partial charge in [0.15, 0.2) is 0 Å². The van der Waals surface area contributed by atoms with Crippen LogP contribution in [0.5, 0.6) is 0 Å². The predicted molar refractivity (Wildman–Crippen MR) is 63.5 cm³/mol. The molecule has 4 heteroatoms. The van der Waals surface area contributed by atoms with E-state index in [4.69, 9.17) is 11.0 Å². The third-order valence-electron chi connectivity index (χ3n) is 2.39. The molecule has 0 heterocycles. The van der Waals surface area contributed by atoms with E-state index in [2.05, 4.69) is 6.07 Å². The van der Waals surface area contributed by atoms with Gasteiger partial charge in [0.25, 0.3) is 0 Å². The Kier molecular flexibility index (Phi) is 4.77. The fourth-order valence-corrected chi connectivity index (χ4v) is 1.50. The molecule has 0 spiro atoms. The summed E-state index contributed by atoms with van der Waals surface area (Å²) in [6, 6.07) is 9.30. The smallest absolute Gasteiger partial charge is 0.0917 e. The molecule has 86 valence electrons. The Hall–Kier alpha value is -1.57. The molecule has 0 amide bonds. The molecule has 16 heavy (non-hydrogen) atoms. The number of benzene rings is 1. The van der Waals surface area contributed by atoms with Crippen LogP contribution in [-0.4, -0.2) is 30.1 Å². The molecule has 0 aliphatic rings. The zero-order chi connectivity index (χ0) is 12.0.